The standard InChI is InChI=1S/C20H21F2N5O2S/c21-18-4-2-16(12-19(18)22)25-30(28,29)17-3-5-20(23-13-17)26-10-6-15(7-11-26)14-27-9-1-8-24-27/h1-5,8-9,12-13,15,25H,6-7,10-11,14H2. The first-order valence-corrected chi connectivity index (χ1v) is 11.1. The van der Waals surface area contributed by atoms with Crippen LogP contribution in [0.1, 0.15) is 12.8 Å². The lowest BCUT2D eigenvalue weighted by Crippen LogP contribution is -2.35. The zero-order valence-electron chi connectivity index (χ0n) is 16.1. The van der Waals surface area contributed by atoms with Crippen molar-refractivity contribution in [3.05, 3.63) is 66.6 Å². The molecule has 0 spiro atoms. The minimum atomic E-state index is -3.96. The largest absolute Gasteiger partial charge is 0.357 e. The molecule has 1 aliphatic heterocycles. The number of halogens is 2. The second kappa shape index (κ2) is 8.39. The van der Waals surface area contributed by atoms with Gasteiger partial charge < -0.3 is 4.90 Å². The molecule has 0 amide bonds. The number of aromatic nitrogens is 3. The van der Waals surface area contributed by atoms with Crippen molar-refractivity contribution in [3.63, 3.8) is 0 Å². The Morgan fingerprint density at radius 1 is 1.10 bits per heavy atom. The molecule has 0 saturated carbocycles. The number of hydrogen-bond acceptors (Lipinski definition) is 5. The van der Waals surface area contributed by atoms with Crippen molar-refractivity contribution in [3.8, 4) is 0 Å². The number of anilines is 2. The maximum Gasteiger partial charge on any atom is 0.263 e. The number of nitrogens with one attached hydrogen (secondary N) is 1. The van der Waals surface area contributed by atoms with Crippen LogP contribution in [0, 0.1) is 17.6 Å². The van der Waals surface area contributed by atoms with Crippen LogP contribution in [-0.2, 0) is 16.6 Å². The van der Waals surface area contributed by atoms with Gasteiger partial charge in [-0.05, 0) is 49.1 Å². The van der Waals surface area contributed by atoms with Gasteiger partial charge in [0.2, 0.25) is 0 Å². The van der Waals surface area contributed by atoms with Crippen LogP contribution in [-0.4, -0.2) is 36.3 Å². The molecule has 0 radical (unpaired) electrons. The van der Waals surface area contributed by atoms with Crippen molar-refractivity contribution >= 4 is 21.5 Å². The SMILES string of the molecule is O=S(=O)(Nc1ccc(F)c(F)c1)c1ccc(N2CCC(Cn3cccn3)CC2)nc1. The molecular weight excluding hydrogens is 412 g/mol. The van der Waals surface area contributed by atoms with Crippen LogP contribution in [0.4, 0.5) is 20.3 Å². The van der Waals surface area contributed by atoms with Crippen molar-refractivity contribution in [1.82, 2.24) is 14.8 Å². The Bertz CT molecular complexity index is 1100. The fourth-order valence-electron chi connectivity index (χ4n) is 3.51. The highest BCUT2D eigenvalue weighted by Crippen LogP contribution is 2.24. The van der Waals surface area contributed by atoms with E-state index in [-0.39, 0.29) is 10.6 Å². The summed E-state index contributed by atoms with van der Waals surface area (Å²) in [7, 11) is -3.96. The van der Waals surface area contributed by atoms with E-state index in [2.05, 4.69) is 19.7 Å². The molecular formula is C20H21F2N5O2S. The maximum atomic E-state index is 13.3. The van der Waals surface area contributed by atoms with E-state index in [1.807, 2.05) is 16.9 Å². The van der Waals surface area contributed by atoms with E-state index in [0.717, 1.165) is 50.7 Å². The molecule has 10 heteroatoms. The molecule has 0 aliphatic carbocycles. The molecule has 1 aliphatic rings. The predicted molar refractivity (Wildman–Crippen MR) is 109 cm³/mol. The Hall–Kier alpha value is -3.01. The highest BCUT2D eigenvalue weighted by Gasteiger charge is 2.22. The number of piperidine rings is 1. The van der Waals surface area contributed by atoms with Gasteiger partial charge >= 0.3 is 0 Å². The lowest BCUT2D eigenvalue weighted by atomic mass is 9.97. The molecule has 2 aromatic heterocycles. The van der Waals surface area contributed by atoms with E-state index in [0.29, 0.717) is 11.7 Å². The number of pyridine rings is 1. The van der Waals surface area contributed by atoms with Gasteiger partial charge in [-0.15, -0.1) is 0 Å². The molecule has 158 valence electrons. The van der Waals surface area contributed by atoms with Crippen molar-refractivity contribution < 1.29 is 17.2 Å². The van der Waals surface area contributed by atoms with Crippen LogP contribution in [0.15, 0.2) is 59.9 Å². The topological polar surface area (TPSA) is 80.1 Å². The van der Waals surface area contributed by atoms with Gasteiger partial charge in [0.15, 0.2) is 11.6 Å². The zero-order valence-corrected chi connectivity index (χ0v) is 16.9. The normalized spacial score (nSPS) is 15.3. The van der Waals surface area contributed by atoms with E-state index < -0.39 is 21.7 Å². The zero-order chi connectivity index (χ0) is 21.1. The molecule has 1 N–H and O–H groups in total. The van der Waals surface area contributed by atoms with Gasteiger partial charge in [-0.1, -0.05) is 0 Å². The number of benzene rings is 1. The third kappa shape index (κ3) is 4.59. The van der Waals surface area contributed by atoms with Gasteiger partial charge in [0.05, 0.1) is 5.69 Å². The minimum Gasteiger partial charge on any atom is -0.357 e. The average Bonchev–Trinajstić information content (AvgIpc) is 3.24. The second-order valence-electron chi connectivity index (χ2n) is 7.25. The monoisotopic (exact) mass is 433 g/mol. The fourth-order valence-corrected chi connectivity index (χ4v) is 4.50. The molecule has 3 heterocycles. The highest BCUT2D eigenvalue weighted by atomic mass is 32.2. The third-order valence-corrected chi connectivity index (χ3v) is 6.51. The molecule has 1 fully saturated rings. The number of rotatable bonds is 6. The minimum absolute atomic E-state index is 0.0513. The Labute approximate surface area is 173 Å². The van der Waals surface area contributed by atoms with Crippen molar-refractivity contribution in [2.24, 2.45) is 5.92 Å². The lowest BCUT2D eigenvalue weighted by Gasteiger charge is -2.32. The molecule has 3 aromatic rings. The first kappa shape index (κ1) is 20.3. The smallest absolute Gasteiger partial charge is 0.263 e. The van der Waals surface area contributed by atoms with Gasteiger partial charge in [0, 0.05) is 44.3 Å². The maximum absolute atomic E-state index is 13.3. The number of nitrogens with zero attached hydrogens (tertiary/aromatic N) is 4. The summed E-state index contributed by atoms with van der Waals surface area (Å²) in [5.74, 6) is -0.919. The molecule has 0 unspecified atom stereocenters. The summed E-state index contributed by atoms with van der Waals surface area (Å²) in [5.41, 5.74) is -0.0581. The van der Waals surface area contributed by atoms with E-state index in [9.17, 15) is 17.2 Å². The van der Waals surface area contributed by atoms with E-state index in [1.54, 1.807) is 12.3 Å². The lowest BCUT2D eigenvalue weighted by molar-refractivity contribution is 0.341. The third-order valence-electron chi connectivity index (χ3n) is 5.15. The molecule has 1 saturated heterocycles. The van der Waals surface area contributed by atoms with Crippen LogP contribution in [0.5, 0.6) is 0 Å². The van der Waals surface area contributed by atoms with Gasteiger partial charge in [-0.25, -0.2) is 22.2 Å². The van der Waals surface area contributed by atoms with Crippen LogP contribution in [0.2, 0.25) is 0 Å². The van der Waals surface area contributed by atoms with Crippen LogP contribution in [0.3, 0.4) is 0 Å². The van der Waals surface area contributed by atoms with E-state index in [4.69, 9.17) is 0 Å². The fraction of sp³-hybridized carbons (Fsp3) is 0.300. The van der Waals surface area contributed by atoms with Crippen LogP contribution >= 0.6 is 0 Å². The quantitative estimate of drug-likeness (QED) is 0.645. The summed E-state index contributed by atoms with van der Waals surface area (Å²) in [6.07, 6.45) is 7.00. The molecule has 0 atom stereocenters. The summed E-state index contributed by atoms with van der Waals surface area (Å²) in [4.78, 5) is 6.37. The average molecular weight is 433 g/mol. The van der Waals surface area contributed by atoms with Crippen LogP contribution in [0.25, 0.3) is 0 Å². The second-order valence-corrected chi connectivity index (χ2v) is 8.93. The Balaban J connectivity index is 1.38. The Kier molecular flexibility index (Phi) is 5.67. The van der Waals surface area contributed by atoms with Crippen molar-refractivity contribution in [1.29, 1.82) is 0 Å². The molecule has 7 nitrogen and oxygen atoms in total. The molecule has 4 rings (SSSR count). The molecule has 0 bridgehead atoms. The highest BCUT2D eigenvalue weighted by molar-refractivity contribution is 7.92. The van der Waals surface area contributed by atoms with Crippen molar-refractivity contribution in [2.75, 3.05) is 22.7 Å². The van der Waals surface area contributed by atoms with E-state index >= 15 is 0 Å². The summed E-state index contributed by atoms with van der Waals surface area (Å²) < 4.78 is 55.5. The predicted octanol–water partition coefficient (Wildman–Crippen LogP) is 3.27. The first-order chi connectivity index (χ1) is 14.4. The Morgan fingerprint density at radius 3 is 2.53 bits per heavy atom. The summed E-state index contributed by atoms with van der Waals surface area (Å²) in [5, 5.41) is 4.25. The van der Waals surface area contributed by atoms with E-state index in [1.165, 1.54) is 12.3 Å². The number of hydrogen-bond donors (Lipinski definition) is 1. The van der Waals surface area contributed by atoms with Gasteiger partial charge in [-0.2, -0.15) is 5.10 Å². The summed E-state index contributed by atoms with van der Waals surface area (Å²) in [6, 6.07) is 7.85. The molecule has 30 heavy (non-hydrogen) atoms. The van der Waals surface area contributed by atoms with Gasteiger partial charge in [-0.3, -0.25) is 9.40 Å². The van der Waals surface area contributed by atoms with Gasteiger partial charge in [0.25, 0.3) is 10.0 Å². The van der Waals surface area contributed by atoms with Gasteiger partial charge in [0.1, 0.15) is 10.7 Å². The molecule has 1 aromatic carbocycles. The van der Waals surface area contributed by atoms with Crippen LogP contribution < -0.4 is 9.62 Å². The van der Waals surface area contributed by atoms with Crippen molar-refractivity contribution in [2.45, 2.75) is 24.3 Å². The Morgan fingerprint density at radius 2 is 1.90 bits per heavy atom. The summed E-state index contributed by atoms with van der Waals surface area (Å²) >= 11 is 0. The number of sulfonamides is 1. The summed E-state index contributed by atoms with van der Waals surface area (Å²) in [6.45, 7) is 2.55. The first-order valence-electron chi connectivity index (χ1n) is 9.57.